The molecule has 1 aliphatic rings. The topological polar surface area (TPSA) is 0 Å². The van der Waals surface area contributed by atoms with Gasteiger partial charge in [0.15, 0.2) is 0 Å². The number of hydrogen-bond acceptors (Lipinski definition) is 0. The van der Waals surface area contributed by atoms with Gasteiger partial charge >= 0.3 is 37.6 Å². The molecule has 4 rings (SSSR count). The minimum atomic E-state index is 0. The summed E-state index contributed by atoms with van der Waals surface area (Å²) in [5.74, 6) is 0.556. The Morgan fingerprint density at radius 3 is 1.65 bits per heavy atom. The predicted octanol–water partition coefficient (Wildman–Crippen LogP) is 0.407. The van der Waals surface area contributed by atoms with Gasteiger partial charge in [-0.15, -0.1) is 39.7 Å². The summed E-state index contributed by atoms with van der Waals surface area (Å²) in [5, 5.41) is 5.39. The molecule has 0 saturated carbocycles. The first kappa shape index (κ1) is 25.0. The molecule has 0 nitrogen and oxygen atoms in total. The molecule has 0 amide bonds. The van der Waals surface area contributed by atoms with Crippen LogP contribution in [0.15, 0.2) is 72.3 Å². The van der Waals surface area contributed by atoms with Gasteiger partial charge in [0, 0.05) is 0 Å². The van der Waals surface area contributed by atoms with Crippen molar-refractivity contribution >= 4 is 25.4 Å². The maximum absolute atomic E-state index is 3.22. The molecule has 0 bridgehead atoms. The van der Waals surface area contributed by atoms with Crippen molar-refractivity contribution in [3.63, 3.8) is 0 Å². The average Bonchev–Trinajstić information content (AvgIpc) is 3.10. The zero-order valence-electron chi connectivity index (χ0n) is 15.7. The molecular formula is C23H24Cl2Ti-2. The largest absolute Gasteiger partial charge is 1.00 e. The molecule has 26 heavy (non-hydrogen) atoms. The molecule has 1 unspecified atom stereocenters. The van der Waals surface area contributed by atoms with E-state index in [0.29, 0.717) is 5.92 Å². The van der Waals surface area contributed by atoms with Gasteiger partial charge in [0.1, 0.15) is 0 Å². The summed E-state index contributed by atoms with van der Waals surface area (Å²) in [4.78, 5) is 0. The number of hydrogen-bond donors (Lipinski definition) is 0. The Kier molecular flexibility index (Phi) is 11.9. The Morgan fingerprint density at radius 2 is 1.35 bits per heavy atom. The molecule has 0 aliphatic heterocycles. The molecule has 0 fully saturated rings. The van der Waals surface area contributed by atoms with E-state index in [1.54, 1.807) is 0 Å². The van der Waals surface area contributed by atoms with Gasteiger partial charge < -0.3 is 24.8 Å². The Bertz CT molecular complexity index is 833. The van der Waals surface area contributed by atoms with Crippen LogP contribution in [0.3, 0.4) is 0 Å². The predicted molar refractivity (Wildman–Crippen MR) is 104 cm³/mol. The molecule has 136 valence electrons. The zero-order valence-corrected chi connectivity index (χ0v) is 18.8. The third-order valence-corrected chi connectivity index (χ3v) is 3.61. The van der Waals surface area contributed by atoms with E-state index in [0.717, 1.165) is 0 Å². The van der Waals surface area contributed by atoms with Crippen LogP contribution < -0.4 is 24.8 Å². The van der Waals surface area contributed by atoms with Gasteiger partial charge in [0.25, 0.3) is 0 Å². The van der Waals surface area contributed by atoms with Gasteiger partial charge in [-0.25, -0.2) is 11.6 Å². The summed E-state index contributed by atoms with van der Waals surface area (Å²) in [6.07, 6.45) is 7.47. The van der Waals surface area contributed by atoms with E-state index in [2.05, 4.69) is 120 Å². The van der Waals surface area contributed by atoms with Crippen LogP contribution in [0.25, 0.3) is 21.5 Å². The number of rotatable bonds is 0. The van der Waals surface area contributed by atoms with Crippen molar-refractivity contribution in [3.05, 3.63) is 78.4 Å². The molecule has 0 heterocycles. The van der Waals surface area contributed by atoms with Gasteiger partial charge in [-0.3, -0.25) is 6.08 Å². The third-order valence-electron chi connectivity index (χ3n) is 3.61. The number of benzene rings is 2. The second-order valence-corrected chi connectivity index (χ2v) is 7.86. The van der Waals surface area contributed by atoms with Crippen LogP contribution in [-0.2, 0) is 20.0 Å². The average molecular weight is 419 g/mol. The van der Waals surface area contributed by atoms with E-state index < -0.39 is 0 Å². The molecule has 0 spiro atoms. The zero-order chi connectivity index (χ0) is 17.5. The quantitative estimate of drug-likeness (QED) is 0.366. The first-order chi connectivity index (χ1) is 11.5. The Morgan fingerprint density at radius 1 is 0.923 bits per heavy atom. The fourth-order valence-electron chi connectivity index (χ4n) is 2.65. The molecular weight excluding hydrogens is 395 g/mol. The maximum Gasteiger partial charge on any atom is -0.0771 e. The molecule has 0 saturated heterocycles. The molecule has 1 aliphatic carbocycles. The van der Waals surface area contributed by atoms with Crippen molar-refractivity contribution in [2.24, 2.45) is 5.92 Å². The smallest absolute Gasteiger partial charge is 0.0771 e. The van der Waals surface area contributed by atoms with Crippen molar-refractivity contribution in [1.82, 2.24) is 0 Å². The second kappa shape index (κ2) is 12.4. The molecule has 0 N–H and O–H groups in total. The Balaban J connectivity index is 0.000000415. The van der Waals surface area contributed by atoms with Crippen molar-refractivity contribution < 1.29 is 44.8 Å². The SMILES string of the molecule is CC1=[C-]C(C)C=C1.C[C](C)=[Ti+2].[Cl-].[Cl-].c1ccc2c(c1)[cH-]c1ccccc12. The van der Waals surface area contributed by atoms with Crippen LogP contribution in [0.5, 0.6) is 0 Å². The fraction of sp³-hybridized carbons (Fsp3) is 0.217. The van der Waals surface area contributed by atoms with Gasteiger partial charge in [-0.2, -0.15) is 6.08 Å². The van der Waals surface area contributed by atoms with E-state index in [1.165, 1.54) is 30.9 Å². The standard InChI is InChI=1S/C13H9.C7H9.C3H6.2ClH.Ti/c1-3-7-12-10(5-1)9-11-6-2-4-8-13(11)12;1-6-3-4-7(2)5-6;1-3-2;;;/h1-9H;3-4,6H,1-2H3;1-2H3;2*1H;/q2*-1;;;;+2/p-2. The summed E-state index contributed by atoms with van der Waals surface area (Å²) >= 11 is 2.08. The molecule has 0 radical (unpaired) electrons. The molecule has 3 heteroatoms. The first-order valence-electron chi connectivity index (χ1n) is 8.30. The van der Waals surface area contributed by atoms with E-state index in [4.69, 9.17) is 0 Å². The summed E-state index contributed by atoms with van der Waals surface area (Å²) in [5.41, 5.74) is 1.27. The Labute approximate surface area is 181 Å². The van der Waals surface area contributed by atoms with Crippen LogP contribution in [0, 0.1) is 12.0 Å². The van der Waals surface area contributed by atoms with E-state index in [1.807, 2.05) is 0 Å². The van der Waals surface area contributed by atoms with Crippen LogP contribution in [0.4, 0.5) is 0 Å². The van der Waals surface area contributed by atoms with Crippen LogP contribution in [0.2, 0.25) is 0 Å². The van der Waals surface area contributed by atoms with Gasteiger partial charge in [0.05, 0.1) is 0 Å². The molecule has 3 aromatic carbocycles. The van der Waals surface area contributed by atoms with E-state index >= 15 is 0 Å². The Hall–Kier alpha value is -1.05. The van der Waals surface area contributed by atoms with Gasteiger partial charge in [-0.05, 0) is 0 Å². The second-order valence-electron chi connectivity index (χ2n) is 6.29. The normalized spacial score (nSPS) is 14.2. The summed E-state index contributed by atoms with van der Waals surface area (Å²) in [6.45, 7) is 8.37. The number of halogens is 2. The van der Waals surface area contributed by atoms with E-state index in [-0.39, 0.29) is 24.8 Å². The van der Waals surface area contributed by atoms with E-state index in [9.17, 15) is 0 Å². The molecule has 0 aromatic heterocycles. The van der Waals surface area contributed by atoms with Crippen molar-refractivity contribution in [2.45, 2.75) is 27.7 Å². The summed E-state index contributed by atoms with van der Waals surface area (Å²) < 4.78 is 1.42. The number of allylic oxidation sites excluding steroid dienone is 4. The minimum absolute atomic E-state index is 0. The monoisotopic (exact) mass is 418 g/mol. The van der Waals surface area contributed by atoms with Crippen LogP contribution in [0.1, 0.15) is 27.7 Å². The van der Waals surface area contributed by atoms with Crippen molar-refractivity contribution in [1.29, 1.82) is 0 Å². The van der Waals surface area contributed by atoms with Gasteiger partial charge in [-0.1, -0.05) is 56.2 Å². The van der Waals surface area contributed by atoms with Crippen LogP contribution in [-0.4, -0.2) is 3.81 Å². The molecule has 1 atom stereocenters. The fourth-order valence-corrected chi connectivity index (χ4v) is 2.65. The third kappa shape index (κ3) is 7.68. The molecule has 3 aromatic rings. The van der Waals surface area contributed by atoms with Crippen molar-refractivity contribution in [3.8, 4) is 0 Å². The first-order valence-corrected chi connectivity index (χ1v) is 9.08. The van der Waals surface area contributed by atoms with Crippen molar-refractivity contribution in [2.75, 3.05) is 0 Å². The maximum atomic E-state index is 3.22. The number of fused-ring (bicyclic) bond motifs is 3. The summed E-state index contributed by atoms with van der Waals surface area (Å²) in [6, 6.07) is 19.3. The summed E-state index contributed by atoms with van der Waals surface area (Å²) in [7, 11) is 0. The minimum Gasteiger partial charge on any atom is -1.00 e. The van der Waals surface area contributed by atoms with Gasteiger partial charge in [0.2, 0.25) is 0 Å². The van der Waals surface area contributed by atoms with Crippen LogP contribution >= 0.6 is 0 Å².